The average molecular weight is 584 g/mol. The summed E-state index contributed by atoms with van der Waals surface area (Å²) in [5.41, 5.74) is 4.89. The van der Waals surface area contributed by atoms with Crippen LogP contribution in [0.15, 0.2) is 97.1 Å². The molecule has 3 N–H and O–H groups in total. The number of phenols is 2. The molecule has 0 radical (unpaired) electrons. The van der Waals surface area contributed by atoms with Gasteiger partial charge in [0.05, 0.1) is 12.2 Å². The SMILES string of the molecule is CC1=C(c2cccc(O)c2)[C@@H](c2ccc(OCCN3CC(CF)C3)cc2)Oc2ccc(O)cc21.O=C(O)c1ccccc1. The van der Waals surface area contributed by atoms with Crippen molar-refractivity contribution in [2.24, 2.45) is 5.92 Å². The zero-order valence-corrected chi connectivity index (χ0v) is 23.8. The number of fused-ring (bicyclic) bond motifs is 1. The minimum atomic E-state index is -0.879. The maximum Gasteiger partial charge on any atom is 0.335 e. The summed E-state index contributed by atoms with van der Waals surface area (Å²) in [5, 5.41) is 28.5. The molecule has 0 spiro atoms. The van der Waals surface area contributed by atoms with E-state index in [-0.39, 0.29) is 30.2 Å². The van der Waals surface area contributed by atoms with Gasteiger partial charge in [0.2, 0.25) is 0 Å². The first kappa shape index (κ1) is 29.7. The molecule has 1 fully saturated rings. The molecule has 6 rings (SSSR count). The van der Waals surface area contributed by atoms with E-state index in [9.17, 15) is 19.4 Å². The highest BCUT2D eigenvalue weighted by atomic mass is 19.1. The van der Waals surface area contributed by atoms with Crippen molar-refractivity contribution in [2.75, 3.05) is 32.9 Å². The van der Waals surface area contributed by atoms with Gasteiger partial charge in [0.1, 0.15) is 35.7 Å². The van der Waals surface area contributed by atoms with E-state index in [0.29, 0.717) is 17.9 Å². The van der Waals surface area contributed by atoms with Crippen LogP contribution < -0.4 is 9.47 Å². The third kappa shape index (κ3) is 7.16. The normalized spacial score (nSPS) is 16.3. The van der Waals surface area contributed by atoms with Crippen molar-refractivity contribution < 1.29 is 34.0 Å². The lowest BCUT2D eigenvalue weighted by molar-refractivity contribution is 0.0668. The fourth-order valence-corrected chi connectivity index (χ4v) is 5.29. The van der Waals surface area contributed by atoms with E-state index >= 15 is 0 Å². The second kappa shape index (κ2) is 13.4. The van der Waals surface area contributed by atoms with E-state index in [1.807, 2.05) is 43.3 Å². The third-order valence-corrected chi connectivity index (χ3v) is 7.57. The highest BCUT2D eigenvalue weighted by Gasteiger charge is 2.30. The summed E-state index contributed by atoms with van der Waals surface area (Å²) in [7, 11) is 0. The fraction of sp³-hybridized carbons (Fsp3) is 0.229. The smallest absolute Gasteiger partial charge is 0.335 e. The van der Waals surface area contributed by atoms with Crippen molar-refractivity contribution in [3.05, 3.63) is 119 Å². The minimum absolute atomic E-state index is 0.176. The molecule has 4 aromatic carbocycles. The van der Waals surface area contributed by atoms with Gasteiger partial charge in [-0.05, 0) is 78.2 Å². The molecule has 1 atom stereocenters. The van der Waals surface area contributed by atoms with Crippen molar-refractivity contribution in [1.29, 1.82) is 0 Å². The number of hydrogen-bond acceptors (Lipinski definition) is 6. The van der Waals surface area contributed by atoms with Gasteiger partial charge in [-0.1, -0.05) is 42.5 Å². The zero-order chi connectivity index (χ0) is 30.3. The van der Waals surface area contributed by atoms with Gasteiger partial charge in [-0.3, -0.25) is 9.29 Å². The highest BCUT2D eigenvalue weighted by molar-refractivity contribution is 5.96. The predicted molar refractivity (Wildman–Crippen MR) is 163 cm³/mol. The van der Waals surface area contributed by atoms with Crippen LogP contribution in [0.5, 0.6) is 23.0 Å². The first-order valence-electron chi connectivity index (χ1n) is 14.1. The molecule has 0 saturated carbocycles. The fourth-order valence-electron chi connectivity index (χ4n) is 5.29. The molecule has 8 heteroatoms. The average Bonchev–Trinajstić information content (AvgIpc) is 2.99. The van der Waals surface area contributed by atoms with Gasteiger partial charge >= 0.3 is 5.97 Å². The Morgan fingerprint density at radius 1 is 0.930 bits per heavy atom. The number of likely N-dealkylation sites (tertiary alicyclic amines) is 1. The Bertz CT molecular complexity index is 1580. The van der Waals surface area contributed by atoms with Crippen LogP contribution in [0.2, 0.25) is 0 Å². The largest absolute Gasteiger partial charge is 0.508 e. The van der Waals surface area contributed by atoms with E-state index in [2.05, 4.69) is 4.90 Å². The number of aromatic hydroxyl groups is 2. The summed E-state index contributed by atoms with van der Waals surface area (Å²) < 4.78 is 24.9. The maximum atomic E-state index is 12.6. The molecule has 2 aliphatic heterocycles. The van der Waals surface area contributed by atoms with Gasteiger partial charge in [0.15, 0.2) is 0 Å². The van der Waals surface area contributed by atoms with Crippen LogP contribution in [0, 0.1) is 5.92 Å². The number of phenolic OH excluding ortho intramolecular Hbond substituents is 2. The van der Waals surface area contributed by atoms with Crippen LogP contribution >= 0.6 is 0 Å². The maximum absolute atomic E-state index is 12.6. The number of hydrogen-bond donors (Lipinski definition) is 3. The number of aromatic carboxylic acids is 1. The second-order valence-electron chi connectivity index (χ2n) is 10.6. The van der Waals surface area contributed by atoms with Crippen LogP contribution in [0.3, 0.4) is 0 Å². The van der Waals surface area contributed by atoms with Gasteiger partial charge < -0.3 is 24.8 Å². The van der Waals surface area contributed by atoms with Gasteiger partial charge in [0.25, 0.3) is 0 Å². The molecule has 1 saturated heterocycles. The molecule has 0 amide bonds. The Morgan fingerprint density at radius 2 is 1.65 bits per heavy atom. The number of carboxylic acids is 1. The first-order valence-corrected chi connectivity index (χ1v) is 14.1. The Morgan fingerprint density at radius 3 is 2.30 bits per heavy atom. The van der Waals surface area contributed by atoms with E-state index < -0.39 is 5.97 Å². The number of halogens is 1. The third-order valence-electron chi connectivity index (χ3n) is 7.57. The van der Waals surface area contributed by atoms with E-state index in [4.69, 9.17) is 14.6 Å². The Balaban J connectivity index is 0.000000351. The summed E-state index contributed by atoms with van der Waals surface area (Å²) in [6, 6.07) is 28.4. The molecular weight excluding hydrogens is 549 g/mol. The molecule has 2 aliphatic rings. The summed E-state index contributed by atoms with van der Waals surface area (Å²) in [5.74, 6) is 1.13. The molecule has 0 aromatic heterocycles. The lowest BCUT2D eigenvalue weighted by atomic mass is 9.86. The van der Waals surface area contributed by atoms with Crippen molar-refractivity contribution >= 4 is 17.1 Å². The Kier molecular flexibility index (Phi) is 9.27. The van der Waals surface area contributed by atoms with E-state index in [0.717, 1.165) is 53.2 Å². The number of nitrogens with zero attached hydrogens (tertiary/aromatic N) is 1. The van der Waals surface area contributed by atoms with Crippen molar-refractivity contribution in [3.8, 4) is 23.0 Å². The van der Waals surface area contributed by atoms with Gasteiger partial charge in [-0.2, -0.15) is 0 Å². The van der Waals surface area contributed by atoms with Crippen LogP contribution in [0.4, 0.5) is 4.39 Å². The topological polar surface area (TPSA) is 99.5 Å². The molecule has 2 heterocycles. The highest BCUT2D eigenvalue weighted by Crippen LogP contribution is 2.47. The summed E-state index contributed by atoms with van der Waals surface area (Å²) in [4.78, 5) is 12.4. The standard InChI is InChI=1S/C28H28FNO4.C7H6O2/c1-18-25-14-23(32)7-10-26(25)34-28(27(18)21-3-2-4-22(31)13-21)20-5-8-24(9-6-20)33-12-11-30-16-19(15-29)17-30;8-7(9)6-4-2-1-3-5-6/h2-10,13-14,19,28,31-32H,11-12,15-17H2,1H3;1-5H,(H,8,9)/t28-;/m1./s1. The number of rotatable bonds is 8. The quantitative estimate of drug-likeness (QED) is 0.209. The van der Waals surface area contributed by atoms with Crippen LogP contribution in [0.25, 0.3) is 11.1 Å². The lowest BCUT2D eigenvalue weighted by Crippen LogP contribution is -2.49. The van der Waals surface area contributed by atoms with Gasteiger partial charge in [-0.25, -0.2) is 4.79 Å². The molecule has 0 bridgehead atoms. The zero-order valence-electron chi connectivity index (χ0n) is 23.8. The summed E-state index contributed by atoms with van der Waals surface area (Å²) >= 11 is 0. The monoisotopic (exact) mass is 583 g/mol. The van der Waals surface area contributed by atoms with Crippen molar-refractivity contribution in [2.45, 2.75) is 13.0 Å². The van der Waals surface area contributed by atoms with Gasteiger partial charge in [0, 0.05) is 36.7 Å². The van der Waals surface area contributed by atoms with Crippen LogP contribution in [0.1, 0.15) is 40.1 Å². The molecule has 0 unspecified atom stereocenters. The van der Waals surface area contributed by atoms with E-state index in [1.165, 1.54) is 0 Å². The van der Waals surface area contributed by atoms with Crippen molar-refractivity contribution in [1.82, 2.24) is 4.90 Å². The second-order valence-corrected chi connectivity index (χ2v) is 10.6. The summed E-state index contributed by atoms with van der Waals surface area (Å²) in [6.07, 6.45) is -0.383. The minimum Gasteiger partial charge on any atom is -0.508 e. The molecular formula is C35H34FNO6. The van der Waals surface area contributed by atoms with Gasteiger partial charge in [-0.15, -0.1) is 0 Å². The van der Waals surface area contributed by atoms with Crippen LogP contribution in [-0.2, 0) is 0 Å². The number of alkyl halides is 1. The summed E-state index contributed by atoms with van der Waals surface area (Å²) in [6.45, 7) is 4.72. The Hall–Kier alpha value is -4.82. The lowest BCUT2D eigenvalue weighted by Gasteiger charge is -2.37. The number of carbonyl (C=O) groups is 1. The number of benzene rings is 4. The number of ether oxygens (including phenoxy) is 2. The van der Waals surface area contributed by atoms with E-state index in [1.54, 1.807) is 60.7 Å². The first-order chi connectivity index (χ1) is 20.8. The molecule has 222 valence electrons. The number of carboxylic acid groups (broad SMARTS) is 1. The molecule has 7 nitrogen and oxygen atoms in total. The number of allylic oxidation sites excluding steroid dienone is 1. The molecule has 0 aliphatic carbocycles. The molecule has 43 heavy (non-hydrogen) atoms. The predicted octanol–water partition coefficient (Wildman–Crippen LogP) is 6.83. The van der Waals surface area contributed by atoms with Crippen molar-refractivity contribution in [3.63, 3.8) is 0 Å². The molecule has 4 aromatic rings. The Labute approximate surface area is 250 Å². The van der Waals surface area contributed by atoms with Crippen LogP contribution in [-0.4, -0.2) is 59.1 Å².